The number of aryl methyl sites for hydroxylation is 1. The minimum absolute atomic E-state index is 0.523. The molecule has 0 fully saturated rings. The summed E-state index contributed by atoms with van der Waals surface area (Å²) >= 11 is 0. The lowest BCUT2D eigenvalue weighted by atomic mass is 9.81. The van der Waals surface area contributed by atoms with Gasteiger partial charge in [-0.2, -0.15) is 0 Å². The van der Waals surface area contributed by atoms with Crippen molar-refractivity contribution in [2.75, 3.05) is 0 Å². The van der Waals surface area contributed by atoms with Crippen LogP contribution < -0.4 is 0 Å². The summed E-state index contributed by atoms with van der Waals surface area (Å²) in [5, 5.41) is 11.4. The molecule has 2 aromatic rings. The fourth-order valence-corrected chi connectivity index (χ4v) is 3.42. The van der Waals surface area contributed by atoms with Crippen molar-refractivity contribution in [3.8, 4) is 0 Å². The van der Waals surface area contributed by atoms with Gasteiger partial charge in [0.05, 0.1) is 0 Å². The molecule has 0 heterocycles. The van der Waals surface area contributed by atoms with Gasteiger partial charge in [0.1, 0.15) is 5.60 Å². The fourth-order valence-electron chi connectivity index (χ4n) is 3.42. The Kier molecular flexibility index (Phi) is 3.86. The summed E-state index contributed by atoms with van der Waals surface area (Å²) in [7, 11) is 0. The quantitative estimate of drug-likeness (QED) is 0.785. The summed E-state index contributed by atoms with van der Waals surface area (Å²) in [6.45, 7) is 4.40. The van der Waals surface area contributed by atoms with Gasteiger partial charge in [0.15, 0.2) is 0 Å². The van der Waals surface area contributed by atoms with E-state index in [1.165, 1.54) is 11.1 Å². The highest BCUT2D eigenvalue weighted by atomic mass is 16.3. The third kappa shape index (κ3) is 2.63. The Labute approximate surface area is 127 Å². The Balaban J connectivity index is 2.06. The molecule has 0 aliphatic heterocycles. The van der Waals surface area contributed by atoms with Crippen molar-refractivity contribution < 1.29 is 5.11 Å². The van der Waals surface area contributed by atoms with Gasteiger partial charge in [0.25, 0.3) is 0 Å². The number of fused-ring (bicyclic) bond motifs is 1. The summed E-state index contributed by atoms with van der Waals surface area (Å²) in [5.74, 6) is 0.523. The first-order valence-corrected chi connectivity index (χ1v) is 8.02. The second-order valence-corrected chi connectivity index (χ2v) is 6.50. The van der Waals surface area contributed by atoms with Gasteiger partial charge in [-0.25, -0.2) is 0 Å². The summed E-state index contributed by atoms with van der Waals surface area (Å²) in [5.41, 5.74) is 3.92. The predicted molar refractivity (Wildman–Crippen MR) is 87.5 cm³/mol. The standard InChI is InChI=1S/C20H24O/c1-15(2)16-10-12-18(13-11-16)20(21)14-6-5-8-17-7-3-4-9-19(17)20/h3-4,7,9-13,15,21H,5-6,8,14H2,1-2H3. The third-order valence-corrected chi connectivity index (χ3v) is 4.75. The number of aliphatic hydroxyl groups is 1. The van der Waals surface area contributed by atoms with Crippen LogP contribution in [0, 0.1) is 0 Å². The van der Waals surface area contributed by atoms with Crippen molar-refractivity contribution in [3.05, 3.63) is 70.8 Å². The highest BCUT2D eigenvalue weighted by molar-refractivity contribution is 5.42. The lowest BCUT2D eigenvalue weighted by Gasteiger charge is -2.30. The molecule has 0 saturated carbocycles. The van der Waals surface area contributed by atoms with Crippen LogP contribution in [-0.2, 0) is 12.0 Å². The van der Waals surface area contributed by atoms with E-state index in [9.17, 15) is 5.11 Å². The van der Waals surface area contributed by atoms with Gasteiger partial charge in [-0.15, -0.1) is 0 Å². The first-order chi connectivity index (χ1) is 10.1. The number of hydrogen-bond acceptors (Lipinski definition) is 1. The molecule has 110 valence electrons. The molecular weight excluding hydrogens is 256 g/mol. The van der Waals surface area contributed by atoms with Crippen molar-refractivity contribution in [1.82, 2.24) is 0 Å². The average Bonchev–Trinajstić information content (AvgIpc) is 2.68. The van der Waals surface area contributed by atoms with E-state index in [-0.39, 0.29) is 0 Å². The Morgan fingerprint density at radius 1 is 0.952 bits per heavy atom. The summed E-state index contributed by atoms with van der Waals surface area (Å²) in [4.78, 5) is 0. The van der Waals surface area contributed by atoms with Crippen LogP contribution in [0.3, 0.4) is 0 Å². The van der Waals surface area contributed by atoms with Crippen molar-refractivity contribution >= 4 is 0 Å². The van der Waals surface area contributed by atoms with E-state index >= 15 is 0 Å². The minimum Gasteiger partial charge on any atom is -0.380 e. The third-order valence-electron chi connectivity index (χ3n) is 4.75. The van der Waals surface area contributed by atoms with Crippen LogP contribution in [0.5, 0.6) is 0 Å². The van der Waals surface area contributed by atoms with Crippen molar-refractivity contribution in [2.45, 2.75) is 51.0 Å². The van der Waals surface area contributed by atoms with Gasteiger partial charge in [0.2, 0.25) is 0 Å². The van der Waals surface area contributed by atoms with Crippen LogP contribution in [0.15, 0.2) is 48.5 Å². The first kappa shape index (κ1) is 14.3. The summed E-state index contributed by atoms with van der Waals surface area (Å²) in [6.07, 6.45) is 4.11. The molecule has 1 unspecified atom stereocenters. The van der Waals surface area contributed by atoms with Gasteiger partial charge in [-0.1, -0.05) is 62.4 Å². The lowest BCUT2D eigenvalue weighted by molar-refractivity contribution is 0.0704. The smallest absolute Gasteiger partial charge is 0.115 e. The molecule has 3 rings (SSSR count). The Bertz CT molecular complexity index is 612. The van der Waals surface area contributed by atoms with E-state index < -0.39 is 5.60 Å². The summed E-state index contributed by atoms with van der Waals surface area (Å²) < 4.78 is 0. The highest BCUT2D eigenvalue weighted by Gasteiger charge is 2.34. The zero-order chi connectivity index (χ0) is 14.9. The van der Waals surface area contributed by atoms with Gasteiger partial charge in [-0.05, 0) is 53.9 Å². The molecule has 1 N–H and O–H groups in total. The maximum atomic E-state index is 11.4. The van der Waals surface area contributed by atoms with E-state index in [0.29, 0.717) is 5.92 Å². The molecule has 0 spiro atoms. The van der Waals surface area contributed by atoms with Crippen molar-refractivity contribution in [2.24, 2.45) is 0 Å². The zero-order valence-electron chi connectivity index (χ0n) is 13.0. The molecule has 0 aromatic heterocycles. The lowest BCUT2D eigenvalue weighted by Crippen LogP contribution is -2.27. The molecule has 1 aliphatic carbocycles. The van der Waals surface area contributed by atoms with Gasteiger partial charge in [-0.3, -0.25) is 0 Å². The maximum absolute atomic E-state index is 11.4. The molecule has 2 aromatic carbocycles. The molecular formula is C20H24O. The van der Waals surface area contributed by atoms with Crippen LogP contribution in [0.1, 0.15) is 61.3 Å². The van der Waals surface area contributed by atoms with Gasteiger partial charge in [0, 0.05) is 0 Å². The summed E-state index contributed by atoms with van der Waals surface area (Å²) in [6, 6.07) is 16.9. The maximum Gasteiger partial charge on any atom is 0.115 e. The highest BCUT2D eigenvalue weighted by Crippen LogP contribution is 2.39. The number of rotatable bonds is 2. The molecule has 0 radical (unpaired) electrons. The van der Waals surface area contributed by atoms with Crippen molar-refractivity contribution in [1.29, 1.82) is 0 Å². The number of benzene rings is 2. The topological polar surface area (TPSA) is 20.2 Å². The van der Waals surface area contributed by atoms with E-state index in [4.69, 9.17) is 0 Å². The van der Waals surface area contributed by atoms with Crippen LogP contribution in [0.25, 0.3) is 0 Å². The van der Waals surface area contributed by atoms with Crippen LogP contribution in [-0.4, -0.2) is 5.11 Å². The molecule has 0 amide bonds. The van der Waals surface area contributed by atoms with Gasteiger partial charge >= 0.3 is 0 Å². The fraction of sp³-hybridized carbons (Fsp3) is 0.400. The Morgan fingerprint density at radius 3 is 2.38 bits per heavy atom. The van der Waals surface area contributed by atoms with E-state index in [1.54, 1.807) is 0 Å². The molecule has 1 aliphatic rings. The minimum atomic E-state index is -0.831. The SMILES string of the molecule is CC(C)c1ccc(C2(O)CCCCc3ccccc32)cc1. The second kappa shape index (κ2) is 5.65. The van der Waals surface area contributed by atoms with E-state index in [1.807, 2.05) is 6.07 Å². The molecule has 0 saturated heterocycles. The molecule has 1 heteroatoms. The number of hydrogen-bond donors (Lipinski definition) is 1. The van der Waals surface area contributed by atoms with Crippen LogP contribution in [0.4, 0.5) is 0 Å². The van der Waals surface area contributed by atoms with E-state index in [0.717, 1.165) is 36.8 Å². The molecule has 1 atom stereocenters. The molecule has 1 nitrogen and oxygen atoms in total. The molecule has 0 bridgehead atoms. The first-order valence-electron chi connectivity index (χ1n) is 8.02. The second-order valence-electron chi connectivity index (χ2n) is 6.50. The largest absolute Gasteiger partial charge is 0.380 e. The molecule has 21 heavy (non-hydrogen) atoms. The monoisotopic (exact) mass is 280 g/mol. The average molecular weight is 280 g/mol. The Morgan fingerprint density at radius 2 is 1.67 bits per heavy atom. The van der Waals surface area contributed by atoms with Crippen molar-refractivity contribution in [3.63, 3.8) is 0 Å². The van der Waals surface area contributed by atoms with Crippen LogP contribution in [0.2, 0.25) is 0 Å². The van der Waals surface area contributed by atoms with E-state index in [2.05, 4.69) is 56.3 Å². The van der Waals surface area contributed by atoms with Crippen LogP contribution >= 0.6 is 0 Å². The van der Waals surface area contributed by atoms with Gasteiger partial charge < -0.3 is 5.11 Å². The zero-order valence-corrected chi connectivity index (χ0v) is 13.0. The Hall–Kier alpha value is -1.60. The predicted octanol–water partition coefficient (Wildman–Crippen LogP) is 4.77. The normalized spacial score (nSPS) is 21.9.